The molecule has 0 aliphatic carbocycles. The lowest BCUT2D eigenvalue weighted by atomic mass is 10.2. The maximum Gasteiger partial charge on any atom is 0.0643 e. The average molecular weight is 230 g/mol. The molecule has 4 nitrogen and oxygen atoms in total. The molecule has 1 aromatic heterocycles. The van der Waals surface area contributed by atoms with E-state index in [2.05, 4.69) is 23.4 Å². The molecule has 1 aromatic carbocycles. The number of benzene rings is 1. The Hall–Kier alpha value is -1.97. The lowest BCUT2D eigenvalue weighted by molar-refractivity contribution is 0.756. The predicted molar refractivity (Wildman–Crippen MR) is 70.9 cm³/mol. The van der Waals surface area contributed by atoms with Crippen LogP contribution in [0.1, 0.15) is 16.8 Å². The number of nitrogens with two attached hydrogens (primary N) is 1. The maximum absolute atomic E-state index is 5.91. The molecule has 0 saturated carbocycles. The van der Waals surface area contributed by atoms with E-state index in [1.54, 1.807) is 0 Å². The van der Waals surface area contributed by atoms with E-state index < -0.39 is 0 Å². The minimum Gasteiger partial charge on any atom is -0.397 e. The van der Waals surface area contributed by atoms with E-state index in [-0.39, 0.29) is 0 Å². The van der Waals surface area contributed by atoms with Gasteiger partial charge in [-0.25, -0.2) is 0 Å². The number of nitrogens with zero attached hydrogens (tertiary/aromatic N) is 2. The van der Waals surface area contributed by atoms with Gasteiger partial charge in [0.2, 0.25) is 0 Å². The molecule has 90 valence electrons. The maximum atomic E-state index is 5.91. The van der Waals surface area contributed by atoms with Crippen LogP contribution in [0.3, 0.4) is 0 Å². The largest absolute Gasteiger partial charge is 0.397 e. The molecule has 3 N–H and O–H groups in total. The number of hydrogen-bond acceptors (Lipinski definition) is 3. The summed E-state index contributed by atoms with van der Waals surface area (Å²) in [6.07, 6.45) is 2.02. The van der Waals surface area contributed by atoms with Crippen LogP contribution < -0.4 is 11.1 Å². The van der Waals surface area contributed by atoms with Crippen molar-refractivity contribution in [1.29, 1.82) is 0 Å². The number of aryl methyl sites for hydroxylation is 3. The van der Waals surface area contributed by atoms with Crippen molar-refractivity contribution >= 4 is 11.4 Å². The van der Waals surface area contributed by atoms with Gasteiger partial charge in [-0.05, 0) is 31.5 Å². The van der Waals surface area contributed by atoms with Crippen molar-refractivity contribution < 1.29 is 0 Å². The van der Waals surface area contributed by atoms with Crippen molar-refractivity contribution in [2.75, 3.05) is 11.1 Å². The molecule has 2 aromatic rings. The highest BCUT2D eigenvalue weighted by molar-refractivity contribution is 5.67. The average Bonchev–Trinajstić information content (AvgIpc) is 2.59. The van der Waals surface area contributed by atoms with Gasteiger partial charge in [0.05, 0.1) is 17.1 Å². The molecule has 0 radical (unpaired) electrons. The summed E-state index contributed by atoms with van der Waals surface area (Å²) < 4.78 is 1.83. The molecule has 0 atom stereocenters. The summed E-state index contributed by atoms with van der Waals surface area (Å²) in [5.74, 6) is 0. The lowest BCUT2D eigenvalue weighted by Gasteiger charge is -2.09. The number of hydrogen-bond donors (Lipinski definition) is 2. The second-order valence-corrected chi connectivity index (χ2v) is 4.36. The summed E-state index contributed by atoms with van der Waals surface area (Å²) in [5, 5.41) is 7.65. The summed E-state index contributed by atoms with van der Waals surface area (Å²) in [5.41, 5.74) is 11.1. The monoisotopic (exact) mass is 230 g/mol. The Kier molecular flexibility index (Phi) is 3.04. The van der Waals surface area contributed by atoms with Gasteiger partial charge in [-0.15, -0.1) is 0 Å². The molecule has 0 fully saturated rings. The van der Waals surface area contributed by atoms with Crippen molar-refractivity contribution in [3.8, 4) is 0 Å². The summed E-state index contributed by atoms with van der Waals surface area (Å²) in [6.45, 7) is 4.81. The van der Waals surface area contributed by atoms with Crippen molar-refractivity contribution in [2.45, 2.75) is 20.4 Å². The van der Waals surface area contributed by atoms with Gasteiger partial charge in [-0.2, -0.15) is 5.10 Å². The van der Waals surface area contributed by atoms with Gasteiger partial charge in [-0.1, -0.05) is 6.07 Å². The second kappa shape index (κ2) is 4.49. The van der Waals surface area contributed by atoms with Crippen LogP contribution >= 0.6 is 0 Å². The van der Waals surface area contributed by atoms with Gasteiger partial charge < -0.3 is 11.1 Å². The molecule has 4 heteroatoms. The molecule has 0 saturated heterocycles. The Bertz CT molecular complexity index is 528. The summed E-state index contributed by atoms with van der Waals surface area (Å²) in [4.78, 5) is 0. The van der Waals surface area contributed by atoms with Crippen LogP contribution in [0.2, 0.25) is 0 Å². The molecule has 2 rings (SSSR count). The second-order valence-electron chi connectivity index (χ2n) is 4.36. The predicted octanol–water partition coefficient (Wildman–Crippen LogP) is 2.23. The first-order chi connectivity index (χ1) is 8.06. The molecule has 0 amide bonds. The third kappa shape index (κ3) is 2.58. The fourth-order valence-corrected chi connectivity index (χ4v) is 1.84. The van der Waals surface area contributed by atoms with Crippen LogP contribution in [0.5, 0.6) is 0 Å². The van der Waals surface area contributed by atoms with E-state index in [1.165, 1.54) is 11.1 Å². The van der Waals surface area contributed by atoms with Crippen molar-refractivity contribution in [3.63, 3.8) is 0 Å². The van der Waals surface area contributed by atoms with E-state index in [9.17, 15) is 0 Å². The Morgan fingerprint density at radius 2 is 2.12 bits per heavy atom. The van der Waals surface area contributed by atoms with E-state index in [0.717, 1.165) is 23.6 Å². The first-order valence-corrected chi connectivity index (χ1v) is 5.65. The zero-order chi connectivity index (χ0) is 12.4. The highest BCUT2D eigenvalue weighted by Gasteiger charge is 2.04. The molecule has 0 aliphatic heterocycles. The summed E-state index contributed by atoms with van der Waals surface area (Å²) >= 11 is 0. The highest BCUT2D eigenvalue weighted by Crippen LogP contribution is 2.20. The van der Waals surface area contributed by atoms with Gasteiger partial charge in [0.1, 0.15) is 0 Å². The topological polar surface area (TPSA) is 55.9 Å². The van der Waals surface area contributed by atoms with Crippen LogP contribution in [-0.4, -0.2) is 9.78 Å². The molecule has 0 unspecified atom stereocenters. The van der Waals surface area contributed by atoms with Crippen LogP contribution in [0.25, 0.3) is 0 Å². The first-order valence-electron chi connectivity index (χ1n) is 5.65. The van der Waals surface area contributed by atoms with Crippen LogP contribution in [0.4, 0.5) is 11.4 Å². The van der Waals surface area contributed by atoms with E-state index in [0.29, 0.717) is 0 Å². The minimum absolute atomic E-state index is 0.743. The van der Waals surface area contributed by atoms with Crippen molar-refractivity contribution in [3.05, 3.63) is 41.2 Å². The number of rotatable bonds is 3. The fraction of sp³-hybridized carbons (Fsp3) is 0.308. The summed E-state index contributed by atoms with van der Waals surface area (Å²) in [7, 11) is 1.93. The number of nitrogens with one attached hydrogen (secondary N) is 1. The van der Waals surface area contributed by atoms with Crippen molar-refractivity contribution in [1.82, 2.24) is 9.78 Å². The van der Waals surface area contributed by atoms with Crippen LogP contribution in [0.15, 0.2) is 24.4 Å². The molecule has 0 aliphatic rings. The molecule has 0 bridgehead atoms. The van der Waals surface area contributed by atoms with Gasteiger partial charge in [0.15, 0.2) is 0 Å². The molecular weight excluding hydrogens is 212 g/mol. The third-order valence-electron chi connectivity index (χ3n) is 2.79. The Balaban J connectivity index is 2.12. The summed E-state index contributed by atoms with van der Waals surface area (Å²) in [6, 6.07) is 5.99. The normalized spacial score (nSPS) is 10.5. The van der Waals surface area contributed by atoms with Crippen molar-refractivity contribution in [2.24, 2.45) is 7.05 Å². The molecule has 0 spiro atoms. The van der Waals surface area contributed by atoms with E-state index in [1.807, 2.05) is 37.0 Å². The van der Waals surface area contributed by atoms with E-state index in [4.69, 9.17) is 5.73 Å². The smallest absolute Gasteiger partial charge is 0.0643 e. The lowest BCUT2D eigenvalue weighted by Crippen LogP contribution is -2.03. The Morgan fingerprint density at radius 3 is 2.76 bits per heavy atom. The standard InChI is InChI=1S/C13H18N4/c1-9-4-5-12(14)13(6-9)15-7-11-8-17(3)16-10(11)2/h4-6,8,15H,7,14H2,1-3H3. The quantitative estimate of drug-likeness (QED) is 0.795. The first kappa shape index (κ1) is 11.5. The molecule has 1 heterocycles. The van der Waals surface area contributed by atoms with Gasteiger partial charge in [0, 0.05) is 25.4 Å². The van der Waals surface area contributed by atoms with Crippen LogP contribution in [-0.2, 0) is 13.6 Å². The zero-order valence-corrected chi connectivity index (χ0v) is 10.5. The molecular formula is C13H18N4. The fourth-order valence-electron chi connectivity index (χ4n) is 1.84. The van der Waals surface area contributed by atoms with Gasteiger partial charge >= 0.3 is 0 Å². The Labute approximate surface area is 101 Å². The third-order valence-corrected chi connectivity index (χ3v) is 2.79. The SMILES string of the molecule is Cc1ccc(N)c(NCc2cn(C)nc2C)c1. The number of aromatic nitrogens is 2. The number of anilines is 2. The van der Waals surface area contributed by atoms with Crippen LogP contribution in [0, 0.1) is 13.8 Å². The van der Waals surface area contributed by atoms with Gasteiger partial charge in [-0.3, -0.25) is 4.68 Å². The Morgan fingerprint density at radius 1 is 1.35 bits per heavy atom. The minimum atomic E-state index is 0.743. The van der Waals surface area contributed by atoms with Gasteiger partial charge in [0.25, 0.3) is 0 Å². The van der Waals surface area contributed by atoms with E-state index >= 15 is 0 Å². The highest BCUT2D eigenvalue weighted by atomic mass is 15.2. The number of nitrogen functional groups attached to an aromatic ring is 1. The zero-order valence-electron chi connectivity index (χ0n) is 10.5. The molecule has 17 heavy (non-hydrogen) atoms.